The van der Waals surface area contributed by atoms with Gasteiger partial charge in [0, 0.05) is 16.8 Å². The van der Waals surface area contributed by atoms with Crippen LogP contribution in [-0.2, 0) is 0 Å². The van der Waals surface area contributed by atoms with Crippen LogP contribution < -0.4 is 11.2 Å². The lowest BCUT2D eigenvalue weighted by Gasteiger charge is -2.08. The molecule has 0 unspecified atom stereocenters. The molecule has 11 heteroatoms. The van der Waals surface area contributed by atoms with Crippen molar-refractivity contribution in [3.63, 3.8) is 0 Å². The summed E-state index contributed by atoms with van der Waals surface area (Å²) in [4.78, 5) is 30.6. The summed E-state index contributed by atoms with van der Waals surface area (Å²) >= 11 is 13.2. The Balaban J connectivity index is 1.71. The Morgan fingerprint density at radius 1 is 1.10 bits per heavy atom. The summed E-state index contributed by atoms with van der Waals surface area (Å²) in [6.45, 7) is 0. The number of hydrogen-bond donors (Lipinski definition) is 2. The standard InChI is InChI=1S/C19H11Cl2N5O3S/c20-10-6-7-12(14(21)8-10)16-24-25-18(30-16)22-9-13-15(27)23-19(29)26(17(13)28)11-4-2-1-3-5-11/h1-9,28H,(H,23,27,29)/b22-9+. The van der Waals surface area contributed by atoms with Gasteiger partial charge in [-0.2, -0.15) is 0 Å². The van der Waals surface area contributed by atoms with E-state index in [1.807, 2.05) is 0 Å². The Hall–Kier alpha value is -3.27. The van der Waals surface area contributed by atoms with Crippen molar-refractivity contribution in [3.8, 4) is 22.1 Å². The molecule has 0 bridgehead atoms. The Morgan fingerprint density at radius 2 is 1.87 bits per heavy atom. The first-order chi connectivity index (χ1) is 14.4. The second-order valence-corrected chi connectivity index (χ2v) is 7.74. The fourth-order valence-electron chi connectivity index (χ4n) is 2.63. The molecule has 30 heavy (non-hydrogen) atoms. The van der Waals surface area contributed by atoms with Gasteiger partial charge in [0.25, 0.3) is 5.56 Å². The molecule has 0 fully saturated rings. The van der Waals surface area contributed by atoms with E-state index >= 15 is 0 Å². The third-order valence-corrected chi connectivity index (χ3v) is 5.43. The number of aromatic nitrogens is 4. The van der Waals surface area contributed by atoms with Crippen LogP contribution in [0.3, 0.4) is 0 Å². The molecule has 0 saturated carbocycles. The molecule has 2 aromatic carbocycles. The van der Waals surface area contributed by atoms with Crippen LogP contribution in [-0.4, -0.2) is 31.1 Å². The van der Waals surface area contributed by atoms with Crippen LogP contribution >= 0.6 is 34.5 Å². The minimum atomic E-state index is -0.779. The number of halogens is 2. The fraction of sp³-hybridized carbons (Fsp3) is 0. The van der Waals surface area contributed by atoms with Crippen molar-refractivity contribution < 1.29 is 5.11 Å². The number of aromatic amines is 1. The molecule has 2 aromatic heterocycles. The molecule has 0 aliphatic heterocycles. The summed E-state index contributed by atoms with van der Waals surface area (Å²) in [5.74, 6) is -0.538. The Morgan fingerprint density at radius 3 is 2.60 bits per heavy atom. The van der Waals surface area contributed by atoms with Crippen molar-refractivity contribution in [1.82, 2.24) is 19.7 Å². The Kier molecular flexibility index (Phi) is 5.49. The van der Waals surface area contributed by atoms with Gasteiger partial charge in [0.1, 0.15) is 5.56 Å². The molecule has 0 atom stereocenters. The van der Waals surface area contributed by atoms with Crippen LogP contribution in [0.25, 0.3) is 16.3 Å². The van der Waals surface area contributed by atoms with Gasteiger partial charge in [-0.1, -0.05) is 52.7 Å². The first kappa shape index (κ1) is 20.0. The normalized spacial score (nSPS) is 11.3. The summed E-state index contributed by atoms with van der Waals surface area (Å²) in [5, 5.41) is 20.1. The summed E-state index contributed by atoms with van der Waals surface area (Å²) in [7, 11) is 0. The summed E-state index contributed by atoms with van der Waals surface area (Å²) in [6.07, 6.45) is 1.13. The highest BCUT2D eigenvalue weighted by Gasteiger charge is 2.15. The fourth-order valence-corrected chi connectivity index (χ4v) is 3.91. The van der Waals surface area contributed by atoms with Crippen LogP contribution in [0, 0.1) is 0 Å². The lowest BCUT2D eigenvalue weighted by atomic mass is 10.2. The monoisotopic (exact) mass is 459 g/mol. The molecule has 0 amide bonds. The van der Waals surface area contributed by atoms with Gasteiger partial charge in [-0.15, -0.1) is 10.2 Å². The van der Waals surface area contributed by atoms with E-state index in [4.69, 9.17) is 23.2 Å². The molecule has 0 aliphatic carbocycles. The van der Waals surface area contributed by atoms with E-state index in [-0.39, 0.29) is 10.7 Å². The largest absolute Gasteiger partial charge is 0.493 e. The van der Waals surface area contributed by atoms with Crippen molar-refractivity contribution in [2.45, 2.75) is 0 Å². The molecule has 0 saturated heterocycles. The molecule has 2 N–H and O–H groups in total. The highest BCUT2D eigenvalue weighted by molar-refractivity contribution is 7.18. The molecule has 4 aromatic rings. The molecule has 4 rings (SSSR count). The smallest absolute Gasteiger partial charge is 0.335 e. The maximum atomic E-state index is 12.2. The number of para-hydroxylation sites is 1. The van der Waals surface area contributed by atoms with E-state index in [2.05, 4.69) is 20.2 Å². The van der Waals surface area contributed by atoms with E-state index in [1.165, 1.54) is 0 Å². The zero-order valence-corrected chi connectivity index (χ0v) is 17.2. The second-order valence-electron chi connectivity index (χ2n) is 5.94. The number of benzene rings is 2. The highest BCUT2D eigenvalue weighted by atomic mass is 35.5. The molecule has 0 radical (unpaired) electrons. The van der Waals surface area contributed by atoms with Gasteiger partial charge >= 0.3 is 5.69 Å². The molecular formula is C19H11Cl2N5O3S. The van der Waals surface area contributed by atoms with Gasteiger partial charge in [-0.25, -0.2) is 14.4 Å². The quantitative estimate of drug-likeness (QED) is 0.450. The van der Waals surface area contributed by atoms with Gasteiger partial charge in [0.05, 0.1) is 10.7 Å². The SMILES string of the molecule is O=c1[nH]c(=O)n(-c2ccccc2)c(O)c1/C=N/c1nnc(-c2ccc(Cl)cc2Cl)s1. The minimum Gasteiger partial charge on any atom is -0.493 e. The molecule has 8 nitrogen and oxygen atoms in total. The number of rotatable bonds is 4. The van der Waals surface area contributed by atoms with E-state index in [1.54, 1.807) is 48.5 Å². The highest BCUT2D eigenvalue weighted by Crippen LogP contribution is 2.34. The maximum Gasteiger partial charge on any atom is 0.335 e. The zero-order chi connectivity index (χ0) is 21.3. The lowest BCUT2D eigenvalue weighted by molar-refractivity contribution is 0.430. The molecule has 0 spiro atoms. The van der Waals surface area contributed by atoms with Crippen molar-refractivity contribution in [1.29, 1.82) is 0 Å². The van der Waals surface area contributed by atoms with Crippen LogP contribution in [0.5, 0.6) is 5.88 Å². The predicted octanol–water partition coefficient (Wildman–Crippen LogP) is 3.81. The maximum absolute atomic E-state index is 12.2. The lowest BCUT2D eigenvalue weighted by Crippen LogP contribution is -2.31. The zero-order valence-electron chi connectivity index (χ0n) is 14.9. The average molecular weight is 460 g/mol. The third-order valence-electron chi connectivity index (χ3n) is 4.02. The number of H-pyrrole nitrogens is 1. The predicted molar refractivity (Wildman–Crippen MR) is 117 cm³/mol. The van der Waals surface area contributed by atoms with Gasteiger partial charge in [-0.3, -0.25) is 9.78 Å². The van der Waals surface area contributed by atoms with Gasteiger partial charge < -0.3 is 5.11 Å². The van der Waals surface area contributed by atoms with Crippen LogP contribution in [0.2, 0.25) is 10.0 Å². The number of nitrogens with zero attached hydrogens (tertiary/aromatic N) is 4. The molecule has 2 heterocycles. The number of nitrogens with one attached hydrogen (secondary N) is 1. The van der Waals surface area contributed by atoms with E-state index in [0.29, 0.717) is 26.3 Å². The molecular weight excluding hydrogens is 449 g/mol. The minimum absolute atomic E-state index is 0.195. The van der Waals surface area contributed by atoms with Crippen molar-refractivity contribution in [2.75, 3.05) is 0 Å². The van der Waals surface area contributed by atoms with Crippen molar-refractivity contribution in [3.05, 3.63) is 85.0 Å². The first-order valence-corrected chi connectivity index (χ1v) is 9.98. The number of hydrogen-bond acceptors (Lipinski definition) is 7. The summed E-state index contributed by atoms with van der Waals surface area (Å²) in [6, 6.07) is 13.4. The van der Waals surface area contributed by atoms with E-state index in [9.17, 15) is 14.7 Å². The van der Waals surface area contributed by atoms with Crippen molar-refractivity contribution in [2.24, 2.45) is 4.99 Å². The van der Waals surface area contributed by atoms with E-state index in [0.717, 1.165) is 22.1 Å². The molecule has 150 valence electrons. The summed E-state index contributed by atoms with van der Waals surface area (Å²) in [5.41, 5.74) is -0.713. The van der Waals surface area contributed by atoms with Crippen LogP contribution in [0.4, 0.5) is 5.13 Å². The second kappa shape index (κ2) is 8.23. The van der Waals surface area contributed by atoms with Crippen molar-refractivity contribution >= 4 is 45.9 Å². The number of aliphatic imine (C=N–C) groups is 1. The third kappa shape index (κ3) is 3.90. The van der Waals surface area contributed by atoms with Crippen LogP contribution in [0.15, 0.2) is 63.1 Å². The van der Waals surface area contributed by atoms with Gasteiger partial charge in [0.2, 0.25) is 11.0 Å². The van der Waals surface area contributed by atoms with Crippen LogP contribution in [0.1, 0.15) is 5.56 Å². The number of aromatic hydroxyl groups is 1. The topological polar surface area (TPSA) is 113 Å². The Labute approximate surface area is 182 Å². The van der Waals surface area contributed by atoms with Gasteiger partial charge in [-0.05, 0) is 30.3 Å². The van der Waals surface area contributed by atoms with Gasteiger partial charge in [0.15, 0.2) is 5.01 Å². The average Bonchev–Trinajstić information content (AvgIpc) is 3.17. The molecule has 0 aliphatic rings. The summed E-state index contributed by atoms with van der Waals surface area (Å²) < 4.78 is 0.974. The first-order valence-electron chi connectivity index (χ1n) is 8.41. The Bertz CT molecular complexity index is 1380. The van der Waals surface area contributed by atoms with E-state index < -0.39 is 17.1 Å².